The second kappa shape index (κ2) is 7.04. The number of aromatic nitrogens is 5. The molecule has 0 aliphatic carbocycles. The van der Waals surface area contributed by atoms with Gasteiger partial charge in [-0.3, -0.25) is 0 Å². The van der Waals surface area contributed by atoms with Gasteiger partial charge in [-0.15, -0.1) is 5.10 Å². The van der Waals surface area contributed by atoms with E-state index in [2.05, 4.69) is 20.5 Å². The average Bonchev–Trinajstić information content (AvgIpc) is 3.29. The van der Waals surface area contributed by atoms with Gasteiger partial charge in [0.05, 0.1) is 11.4 Å². The van der Waals surface area contributed by atoms with Crippen LogP contribution in [0.2, 0.25) is 0 Å². The van der Waals surface area contributed by atoms with Gasteiger partial charge in [0, 0.05) is 11.3 Å². The Morgan fingerprint density at radius 3 is 2.65 bits per heavy atom. The molecule has 9 heteroatoms. The first-order valence-electron chi connectivity index (χ1n) is 7.56. The molecule has 2 heterocycles. The summed E-state index contributed by atoms with van der Waals surface area (Å²) in [7, 11) is 0. The molecule has 26 heavy (non-hydrogen) atoms. The molecule has 0 radical (unpaired) electrons. The molecule has 0 spiro atoms. The second-order valence-corrected chi connectivity index (χ2v) is 6.24. The van der Waals surface area contributed by atoms with Gasteiger partial charge in [0.25, 0.3) is 0 Å². The van der Waals surface area contributed by atoms with Crippen LogP contribution in [0.4, 0.5) is 8.78 Å². The monoisotopic (exact) mass is 371 g/mol. The van der Waals surface area contributed by atoms with E-state index in [1.807, 2.05) is 0 Å². The van der Waals surface area contributed by atoms with Crippen molar-refractivity contribution in [3.05, 3.63) is 72.1 Å². The molecule has 0 saturated carbocycles. The van der Waals surface area contributed by atoms with Gasteiger partial charge in [-0.1, -0.05) is 23.9 Å². The maximum absolute atomic E-state index is 13.4. The molecule has 0 aliphatic heterocycles. The van der Waals surface area contributed by atoms with E-state index in [4.69, 9.17) is 4.42 Å². The molecule has 4 rings (SSSR count). The largest absolute Gasteiger partial charge is 0.444 e. The van der Waals surface area contributed by atoms with Crippen molar-refractivity contribution in [1.29, 1.82) is 0 Å². The lowest BCUT2D eigenvalue weighted by Crippen LogP contribution is -1.99. The third-order valence-electron chi connectivity index (χ3n) is 3.47. The van der Waals surface area contributed by atoms with Gasteiger partial charge < -0.3 is 4.42 Å². The van der Waals surface area contributed by atoms with Crippen molar-refractivity contribution in [1.82, 2.24) is 25.2 Å². The minimum Gasteiger partial charge on any atom is -0.444 e. The Hall–Kier alpha value is -3.07. The summed E-state index contributed by atoms with van der Waals surface area (Å²) in [6.45, 7) is 0. The number of nitrogens with zero attached hydrogens (tertiary/aromatic N) is 5. The Morgan fingerprint density at radius 1 is 1.04 bits per heavy atom. The van der Waals surface area contributed by atoms with Crippen LogP contribution in [0, 0.1) is 11.6 Å². The lowest BCUT2D eigenvalue weighted by molar-refractivity contribution is 0.571. The molecule has 0 bridgehead atoms. The van der Waals surface area contributed by atoms with Crippen LogP contribution < -0.4 is 0 Å². The van der Waals surface area contributed by atoms with Crippen LogP contribution in [0.15, 0.2) is 64.4 Å². The summed E-state index contributed by atoms with van der Waals surface area (Å²) in [6.07, 6.45) is 1.50. The summed E-state index contributed by atoms with van der Waals surface area (Å²) < 4.78 is 33.6. The maximum Gasteiger partial charge on any atom is 0.226 e. The first kappa shape index (κ1) is 16.4. The van der Waals surface area contributed by atoms with Crippen LogP contribution in [0.1, 0.15) is 5.69 Å². The van der Waals surface area contributed by atoms with Gasteiger partial charge >= 0.3 is 0 Å². The Kier molecular flexibility index (Phi) is 4.44. The molecule has 0 fully saturated rings. The lowest BCUT2D eigenvalue weighted by Gasteiger charge is -2.03. The topological polar surface area (TPSA) is 69.6 Å². The quantitative estimate of drug-likeness (QED) is 0.496. The molecule has 2 aromatic heterocycles. The number of oxazole rings is 1. The molecule has 0 aliphatic rings. The summed E-state index contributed by atoms with van der Waals surface area (Å²) >= 11 is 1.33. The smallest absolute Gasteiger partial charge is 0.226 e. The predicted molar refractivity (Wildman–Crippen MR) is 90.6 cm³/mol. The molecule has 4 aromatic rings. The molecule has 0 saturated heterocycles. The van der Waals surface area contributed by atoms with Gasteiger partial charge in [-0.25, -0.2) is 13.8 Å². The van der Waals surface area contributed by atoms with Crippen LogP contribution >= 0.6 is 11.8 Å². The highest BCUT2D eigenvalue weighted by atomic mass is 32.2. The fourth-order valence-corrected chi connectivity index (χ4v) is 3.07. The van der Waals surface area contributed by atoms with Gasteiger partial charge in [-0.05, 0) is 46.8 Å². The SMILES string of the molecule is Fc1cccc(-c2nc(CSc3nnnn3-c3cccc(F)c3)co2)c1. The number of benzene rings is 2. The minimum atomic E-state index is -0.370. The summed E-state index contributed by atoms with van der Waals surface area (Å²) in [6, 6.07) is 12.0. The van der Waals surface area contributed by atoms with Crippen molar-refractivity contribution in [2.24, 2.45) is 0 Å². The van der Waals surface area contributed by atoms with E-state index in [9.17, 15) is 8.78 Å². The molecule has 0 amide bonds. The molecule has 6 nitrogen and oxygen atoms in total. The molecular weight excluding hydrogens is 360 g/mol. The van der Waals surface area contributed by atoms with Crippen molar-refractivity contribution in [2.45, 2.75) is 10.9 Å². The van der Waals surface area contributed by atoms with Crippen LogP contribution in [-0.4, -0.2) is 25.2 Å². The summed E-state index contributed by atoms with van der Waals surface area (Å²) in [5, 5.41) is 12.0. The van der Waals surface area contributed by atoms with E-state index in [1.165, 1.54) is 47.0 Å². The molecule has 0 N–H and O–H groups in total. The van der Waals surface area contributed by atoms with E-state index in [0.29, 0.717) is 33.7 Å². The van der Waals surface area contributed by atoms with Crippen LogP contribution in [0.3, 0.4) is 0 Å². The average molecular weight is 371 g/mol. The van der Waals surface area contributed by atoms with Crippen molar-refractivity contribution in [2.75, 3.05) is 0 Å². The standard InChI is InChI=1S/C17H11F2N5OS/c18-12-4-1-3-11(7-12)16-20-14(9-25-16)10-26-17-21-22-23-24(17)15-6-2-5-13(19)8-15/h1-9H,10H2. The van der Waals surface area contributed by atoms with E-state index in [0.717, 1.165) is 0 Å². The maximum atomic E-state index is 13.4. The molecule has 130 valence electrons. The Bertz CT molecular complexity index is 1050. The van der Waals surface area contributed by atoms with Crippen LogP contribution in [0.25, 0.3) is 17.1 Å². The lowest BCUT2D eigenvalue weighted by atomic mass is 10.2. The van der Waals surface area contributed by atoms with Crippen molar-refractivity contribution in [3.8, 4) is 17.1 Å². The second-order valence-electron chi connectivity index (χ2n) is 5.30. The van der Waals surface area contributed by atoms with Crippen LogP contribution in [-0.2, 0) is 5.75 Å². The highest BCUT2D eigenvalue weighted by Gasteiger charge is 2.12. The highest BCUT2D eigenvalue weighted by molar-refractivity contribution is 7.98. The molecule has 0 unspecified atom stereocenters. The van der Waals surface area contributed by atoms with Gasteiger partial charge in [0.2, 0.25) is 11.0 Å². The third-order valence-corrected chi connectivity index (χ3v) is 4.42. The Morgan fingerprint density at radius 2 is 1.85 bits per heavy atom. The van der Waals surface area contributed by atoms with Gasteiger partial charge in [-0.2, -0.15) is 4.68 Å². The number of halogens is 2. The zero-order chi connectivity index (χ0) is 17.9. The van der Waals surface area contributed by atoms with Gasteiger partial charge in [0.1, 0.15) is 17.9 Å². The number of hydrogen-bond donors (Lipinski definition) is 0. The number of tetrazole rings is 1. The molecule has 2 aromatic carbocycles. The Balaban J connectivity index is 1.50. The van der Waals surface area contributed by atoms with E-state index in [1.54, 1.807) is 24.3 Å². The number of hydrogen-bond acceptors (Lipinski definition) is 6. The fourth-order valence-electron chi connectivity index (χ4n) is 2.30. The summed E-state index contributed by atoms with van der Waals surface area (Å²) in [4.78, 5) is 4.35. The highest BCUT2D eigenvalue weighted by Crippen LogP contribution is 2.25. The molecular formula is C17H11F2N5OS. The zero-order valence-corrected chi connectivity index (χ0v) is 14.0. The normalized spacial score (nSPS) is 11.0. The minimum absolute atomic E-state index is 0.338. The predicted octanol–water partition coefficient (Wildman–Crippen LogP) is 3.89. The van der Waals surface area contributed by atoms with Crippen LogP contribution in [0.5, 0.6) is 0 Å². The Labute approximate surface area is 150 Å². The van der Waals surface area contributed by atoms with E-state index >= 15 is 0 Å². The van der Waals surface area contributed by atoms with E-state index < -0.39 is 0 Å². The number of thioether (sulfide) groups is 1. The third kappa shape index (κ3) is 3.47. The van der Waals surface area contributed by atoms with E-state index in [-0.39, 0.29) is 11.6 Å². The number of rotatable bonds is 5. The summed E-state index contributed by atoms with van der Waals surface area (Å²) in [5.41, 5.74) is 1.74. The zero-order valence-electron chi connectivity index (χ0n) is 13.2. The van der Waals surface area contributed by atoms with Gasteiger partial charge in [0.15, 0.2) is 0 Å². The van der Waals surface area contributed by atoms with Crippen molar-refractivity contribution in [3.63, 3.8) is 0 Å². The van der Waals surface area contributed by atoms with Crippen molar-refractivity contribution >= 4 is 11.8 Å². The van der Waals surface area contributed by atoms with Crippen molar-refractivity contribution < 1.29 is 13.2 Å². The first-order chi connectivity index (χ1) is 12.7. The summed E-state index contributed by atoms with van der Waals surface area (Å²) in [5.74, 6) is 0.0509. The fraction of sp³-hybridized carbons (Fsp3) is 0.0588. The first-order valence-corrected chi connectivity index (χ1v) is 8.55. The molecule has 0 atom stereocenters.